The third kappa shape index (κ3) is 8.86. The van der Waals surface area contributed by atoms with Gasteiger partial charge in [-0.25, -0.2) is 0 Å². The summed E-state index contributed by atoms with van der Waals surface area (Å²) in [4.78, 5) is 0. The number of hydrogen-bond donors (Lipinski definition) is 0. The van der Waals surface area contributed by atoms with Crippen molar-refractivity contribution in [2.75, 3.05) is 0 Å². The molecule has 0 aromatic rings. The molecular weight excluding hydrogens is 124 g/mol. The molecule has 0 radical (unpaired) electrons. The van der Waals surface area contributed by atoms with Gasteiger partial charge >= 0.3 is 17.1 Å². The largest absolute Gasteiger partial charge is 1.00 e. The number of hydrogen-bond acceptors (Lipinski definition) is 0. The molecule has 0 N–H and O–H groups in total. The fraction of sp³-hybridized carbons (Fsp3) is 0.600. The summed E-state index contributed by atoms with van der Waals surface area (Å²) in [5, 5.41) is 0. The summed E-state index contributed by atoms with van der Waals surface area (Å²) in [7, 11) is 0. The van der Waals surface area contributed by atoms with Crippen LogP contribution in [0.2, 0.25) is 0 Å². The molecule has 6 heavy (non-hydrogen) atoms. The molecule has 0 aliphatic rings. The summed E-state index contributed by atoms with van der Waals surface area (Å²) in [5.74, 6) is 0. The second-order valence-corrected chi connectivity index (χ2v) is 1.20. The van der Waals surface area contributed by atoms with Gasteiger partial charge in [-0.2, -0.15) is 0 Å². The van der Waals surface area contributed by atoms with E-state index in [1.807, 2.05) is 13.8 Å². The van der Waals surface area contributed by atoms with Gasteiger partial charge in [0.15, 0.2) is 0 Å². The molecule has 0 heterocycles. The zero-order chi connectivity index (χ0) is 4.28. The Morgan fingerprint density at radius 3 is 1.83 bits per heavy atom. The van der Waals surface area contributed by atoms with E-state index in [-0.39, 0.29) is 17.1 Å². The summed E-state index contributed by atoms with van der Waals surface area (Å²) >= 11 is 0. The van der Waals surface area contributed by atoms with E-state index in [1.165, 1.54) is 0 Å². The minimum Gasteiger partial charge on any atom is -0.515 e. The molecule has 0 amide bonds. The van der Waals surface area contributed by atoms with Crippen molar-refractivity contribution in [1.29, 1.82) is 0 Å². The van der Waals surface area contributed by atoms with Gasteiger partial charge in [-0.1, -0.05) is 20.3 Å². The van der Waals surface area contributed by atoms with Gasteiger partial charge in [0.1, 0.15) is 0 Å². The molecule has 0 unspecified atom stereocenters. The fourth-order valence-corrected chi connectivity index (χ4v) is 0. The summed E-state index contributed by atoms with van der Waals surface area (Å²) in [6.45, 7) is 9.16. The van der Waals surface area contributed by atoms with Gasteiger partial charge in [0.25, 0.3) is 0 Å². The smallest absolute Gasteiger partial charge is 0.515 e. The number of allylic oxidation sites excluding steroid dienone is 1. The molecule has 0 saturated carbocycles. The molecule has 0 atom stereocenters. The quantitative estimate of drug-likeness (QED) is 0.377. The second kappa shape index (κ2) is 5.26. The van der Waals surface area contributed by atoms with Crippen LogP contribution in [-0.4, -0.2) is 0 Å². The first-order valence-corrected chi connectivity index (χ1v) is 1.85. The predicted octanol–water partition coefficient (Wildman–Crippen LogP) is 1.77. The number of rotatable bonds is 1. The van der Waals surface area contributed by atoms with E-state index in [1.54, 1.807) is 0 Å². The predicted molar refractivity (Wildman–Crippen MR) is 23.8 cm³/mol. The Morgan fingerprint density at radius 1 is 1.67 bits per heavy atom. The van der Waals surface area contributed by atoms with Crippen molar-refractivity contribution in [3.63, 3.8) is 0 Å². The van der Waals surface area contributed by atoms with Crippen molar-refractivity contribution < 1.29 is 17.1 Å². The van der Waals surface area contributed by atoms with Crippen molar-refractivity contribution in [2.45, 2.75) is 20.3 Å². The Kier molecular flexibility index (Phi) is 8.37. The van der Waals surface area contributed by atoms with Gasteiger partial charge in [-0.05, 0) is 0 Å². The van der Waals surface area contributed by atoms with Crippen molar-refractivity contribution in [3.05, 3.63) is 12.2 Å². The topological polar surface area (TPSA) is 0 Å². The maximum absolute atomic E-state index is 5.21. The average Bonchev–Trinajstić information content (AvgIpc) is 1.38. The molecule has 0 fully saturated rings. The zero-order valence-electron chi connectivity index (χ0n) is 4.09. The molecule has 0 aliphatic carbocycles. The first-order chi connectivity index (χ1) is 2.27. The Hall–Kier alpha value is 0.259. The summed E-state index contributed by atoms with van der Waals surface area (Å²) in [6.07, 6.45) is 1.00. The first kappa shape index (κ1) is 9.54. The Morgan fingerprint density at radius 2 is 1.83 bits per heavy atom. The van der Waals surface area contributed by atoms with Crippen LogP contribution in [-0.2, 0) is 17.1 Å². The van der Waals surface area contributed by atoms with Crippen LogP contribution in [0.15, 0.2) is 5.57 Å². The molecule has 1 heteroatoms. The molecule has 0 spiro atoms. The van der Waals surface area contributed by atoms with E-state index in [0.717, 1.165) is 12.0 Å². The monoisotopic (exact) mass is 132 g/mol. The van der Waals surface area contributed by atoms with Crippen molar-refractivity contribution in [3.8, 4) is 0 Å². The van der Waals surface area contributed by atoms with Crippen LogP contribution in [0.3, 0.4) is 0 Å². The van der Waals surface area contributed by atoms with Crippen LogP contribution in [0.4, 0.5) is 0 Å². The Balaban J connectivity index is 0. The minimum absolute atomic E-state index is 0. The minimum atomic E-state index is 0. The van der Waals surface area contributed by atoms with Crippen LogP contribution in [0.25, 0.3) is 0 Å². The van der Waals surface area contributed by atoms with Crippen LogP contribution in [0.1, 0.15) is 20.3 Å². The van der Waals surface area contributed by atoms with E-state index in [0.29, 0.717) is 0 Å². The summed E-state index contributed by atoms with van der Waals surface area (Å²) < 4.78 is 0. The van der Waals surface area contributed by atoms with E-state index in [2.05, 4.69) is 0 Å². The third-order valence-corrected chi connectivity index (χ3v) is 0.558. The molecular formula is C5H9Cu. The molecule has 0 aliphatic heterocycles. The maximum Gasteiger partial charge on any atom is 1.00 e. The normalized spacial score (nSPS) is 6.33. The zero-order valence-corrected chi connectivity index (χ0v) is 5.03. The molecule has 40 valence electrons. The van der Waals surface area contributed by atoms with Gasteiger partial charge in [0.05, 0.1) is 0 Å². The van der Waals surface area contributed by atoms with Crippen LogP contribution >= 0.6 is 0 Å². The SMILES string of the molecule is [CH-]=C(C)CC.[Cu+]. The summed E-state index contributed by atoms with van der Waals surface area (Å²) in [5.41, 5.74) is 1.00. The standard InChI is InChI=1S/C5H9.Cu/c1-4-5(2)3;/h2H,4H2,1,3H3;/q-1;+1. The molecule has 0 saturated heterocycles. The van der Waals surface area contributed by atoms with E-state index < -0.39 is 0 Å². The molecule has 0 aromatic carbocycles. The van der Waals surface area contributed by atoms with E-state index in [4.69, 9.17) is 6.58 Å². The van der Waals surface area contributed by atoms with Gasteiger partial charge in [-0.3, -0.25) is 5.57 Å². The van der Waals surface area contributed by atoms with Gasteiger partial charge in [-0.15, -0.1) is 0 Å². The molecule has 0 aromatic heterocycles. The average molecular weight is 133 g/mol. The van der Waals surface area contributed by atoms with Crippen molar-refractivity contribution in [1.82, 2.24) is 0 Å². The van der Waals surface area contributed by atoms with Crippen molar-refractivity contribution >= 4 is 0 Å². The fourth-order valence-electron chi connectivity index (χ4n) is 0. The van der Waals surface area contributed by atoms with Crippen LogP contribution in [0.5, 0.6) is 0 Å². The Bertz CT molecular complexity index is 39.2. The Labute approximate surface area is 50.1 Å². The maximum atomic E-state index is 5.21. The van der Waals surface area contributed by atoms with Crippen LogP contribution in [0, 0.1) is 6.58 Å². The van der Waals surface area contributed by atoms with Crippen molar-refractivity contribution in [2.24, 2.45) is 0 Å². The van der Waals surface area contributed by atoms with Gasteiger partial charge < -0.3 is 6.58 Å². The third-order valence-electron chi connectivity index (χ3n) is 0.558. The van der Waals surface area contributed by atoms with E-state index >= 15 is 0 Å². The van der Waals surface area contributed by atoms with Crippen LogP contribution < -0.4 is 0 Å². The first-order valence-electron chi connectivity index (χ1n) is 1.85. The second-order valence-electron chi connectivity index (χ2n) is 1.20. The van der Waals surface area contributed by atoms with Gasteiger partial charge in [0.2, 0.25) is 0 Å². The van der Waals surface area contributed by atoms with E-state index in [9.17, 15) is 0 Å². The molecule has 0 bridgehead atoms. The molecule has 0 nitrogen and oxygen atoms in total. The summed E-state index contributed by atoms with van der Waals surface area (Å²) in [6, 6.07) is 0. The molecule has 0 rings (SSSR count). The van der Waals surface area contributed by atoms with Gasteiger partial charge in [0, 0.05) is 0 Å².